The second-order valence-electron chi connectivity index (χ2n) is 4.65. The minimum atomic E-state index is 0.269. The van der Waals surface area contributed by atoms with Gasteiger partial charge in [0.05, 0.1) is 0 Å². The van der Waals surface area contributed by atoms with Gasteiger partial charge in [0.15, 0.2) is 0 Å². The van der Waals surface area contributed by atoms with E-state index >= 15 is 0 Å². The van der Waals surface area contributed by atoms with Crippen molar-refractivity contribution in [1.29, 1.82) is 0 Å². The summed E-state index contributed by atoms with van der Waals surface area (Å²) >= 11 is 0. The van der Waals surface area contributed by atoms with E-state index in [0.717, 1.165) is 39.0 Å². The summed E-state index contributed by atoms with van der Waals surface area (Å²) in [7, 11) is 1.90. The molecule has 0 aromatic carbocycles. The van der Waals surface area contributed by atoms with Crippen molar-refractivity contribution in [2.24, 2.45) is 5.92 Å². The zero-order chi connectivity index (χ0) is 10.7. The summed E-state index contributed by atoms with van der Waals surface area (Å²) in [6.07, 6.45) is 4.31. The van der Waals surface area contributed by atoms with Gasteiger partial charge in [0.25, 0.3) is 0 Å². The Bertz CT molecular complexity index is 226. The summed E-state index contributed by atoms with van der Waals surface area (Å²) in [5, 5.41) is 7.45. The number of hydrogen-bond acceptors (Lipinski definition) is 3. The van der Waals surface area contributed by atoms with Crippen LogP contribution in [0.1, 0.15) is 25.7 Å². The minimum absolute atomic E-state index is 0.269. The Morgan fingerprint density at radius 1 is 1.47 bits per heavy atom. The molecule has 0 spiro atoms. The maximum Gasteiger partial charge on any atom is 0.236 e. The smallest absolute Gasteiger partial charge is 0.236 e. The highest BCUT2D eigenvalue weighted by molar-refractivity contribution is 5.75. The monoisotopic (exact) mass is 211 g/mol. The third-order valence-corrected chi connectivity index (χ3v) is 3.46. The molecule has 4 heteroatoms. The van der Waals surface area contributed by atoms with Crippen LogP contribution in [0, 0.1) is 5.92 Å². The van der Waals surface area contributed by atoms with Gasteiger partial charge >= 0.3 is 0 Å². The van der Waals surface area contributed by atoms with E-state index < -0.39 is 0 Å². The van der Waals surface area contributed by atoms with Gasteiger partial charge in [0.1, 0.15) is 0 Å². The summed E-state index contributed by atoms with van der Waals surface area (Å²) in [5.41, 5.74) is 0. The van der Waals surface area contributed by atoms with Crippen LogP contribution in [-0.2, 0) is 4.79 Å². The van der Waals surface area contributed by atoms with Crippen molar-refractivity contribution in [2.75, 3.05) is 33.2 Å². The van der Waals surface area contributed by atoms with Gasteiger partial charge in [-0.3, -0.25) is 9.80 Å². The van der Waals surface area contributed by atoms with Gasteiger partial charge in [0.2, 0.25) is 5.91 Å². The zero-order valence-electron chi connectivity index (χ0n) is 9.54. The first kappa shape index (κ1) is 10.9. The molecule has 0 saturated carbocycles. The third-order valence-electron chi connectivity index (χ3n) is 3.46. The van der Waals surface area contributed by atoms with Gasteiger partial charge in [-0.1, -0.05) is 0 Å². The molecule has 15 heavy (non-hydrogen) atoms. The molecule has 2 aliphatic heterocycles. The lowest BCUT2D eigenvalue weighted by atomic mass is 9.99. The van der Waals surface area contributed by atoms with Gasteiger partial charge in [-0.25, -0.2) is 5.01 Å². The average molecular weight is 211 g/mol. The lowest BCUT2D eigenvalue weighted by Gasteiger charge is -2.38. The number of hydrogen-bond donors (Lipinski definition) is 1. The van der Waals surface area contributed by atoms with Gasteiger partial charge in [-0.2, -0.15) is 0 Å². The molecule has 0 radical (unpaired) electrons. The lowest BCUT2D eigenvalue weighted by molar-refractivity contribution is -0.152. The van der Waals surface area contributed by atoms with Crippen LogP contribution in [0.2, 0.25) is 0 Å². The van der Waals surface area contributed by atoms with Crippen LogP contribution in [0.4, 0.5) is 0 Å². The topological polar surface area (TPSA) is 35.6 Å². The normalized spacial score (nSPS) is 29.5. The predicted molar refractivity (Wildman–Crippen MR) is 59.2 cm³/mol. The van der Waals surface area contributed by atoms with E-state index in [9.17, 15) is 4.79 Å². The van der Waals surface area contributed by atoms with Crippen LogP contribution in [0.5, 0.6) is 0 Å². The Labute approximate surface area is 91.6 Å². The molecule has 0 bridgehead atoms. The fourth-order valence-electron chi connectivity index (χ4n) is 2.47. The summed E-state index contributed by atoms with van der Waals surface area (Å²) in [6.45, 7) is 4.35. The number of nitrogens with one attached hydrogen (secondary N) is 1. The van der Waals surface area contributed by atoms with E-state index in [1.807, 2.05) is 12.1 Å². The molecule has 0 aliphatic carbocycles. The van der Waals surface area contributed by atoms with E-state index in [4.69, 9.17) is 0 Å². The zero-order valence-corrected chi connectivity index (χ0v) is 9.54. The molecule has 0 aromatic rings. The average Bonchev–Trinajstić information content (AvgIpc) is 2.26. The molecule has 2 rings (SSSR count). The fraction of sp³-hybridized carbons (Fsp3) is 0.909. The molecular formula is C11H21N3O. The van der Waals surface area contributed by atoms with E-state index in [1.54, 1.807) is 0 Å². The fourth-order valence-corrected chi connectivity index (χ4v) is 2.47. The number of carbonyl (C=O) groups is 1. The molecule has 2 heterocycles. The highest BCUT2D eigenvalue weighted by atomic mass is 16.2. The number of piperidine rings is 1. The largest absolute Gasteiger partial charge is 0.316 e. The Hall–Kier alpha value is -0.610. The summed E-state index contributed by atoms with van der Waals surface area (Å²) < 4.78 is 0. The van der Waals surface area contributed by atoms with E-state index in [-0.39, 0.29) is 5.91 Å². The number of amides is 1. The van der Waals surface area contributed by atoms with Crippen LogP contribution < -0.4 is 5.32 Å². The van der Waals surface area contributed by atoms with Crippen molar-refractivity contribution in [2.45, 2.75) is 25.7 Å². The highest BCUT2D eigenvalue weighted by Gasteiger charge is 2.25. The van der Waals surface area contributed by atoms with Crippen molar-refractivity contribution in [3.8, 4) is 0 Å². The van der Waals surface area contributed by atoms with Crippen LogP contribution in [0.3, 0.4) is 0 Å². The highest BCUT2D eigenvalue weighted by Crippen LogP contribution is 2.16. The molecule has 86 valence electrons. The SMILES string of the molecule is CN1C(=O)CCCN1CC1CCCNC1. The first-order valence-electron chi connectivity index (χ1n) is 5.99. The van der Waals surface area contributed by atoms with E-state index in [1.165, 1.54) is 12.8 Å². The van der Waals surface area contributed by atoms with Crippen molar-refractivity contribution in [3.63, 3.8) is 0 Å². The third kappa shape index (κ3) is 2.69. The molecule has 1 N–H and O–H groups in total. The Morgan fingerprint density at radius 2 is 2.33 bits per heavy atom. The van der Waals surface area contributed by atoms with Gasteiger partial charge in [0, 0.05) is 26.6 Å². The Balaban J connectivity index is 1.84. The summed E-state index contributed by atoms with van der Waals surface area (Å²) in [4.78, 5) is 11.5. The second kappa shape index (κ2) is 4.94. The first-order valence-corrected chi connectivity index (χ1v) is 5.99. The van der Waals surface area contributed by atoms with Gasteiger partial charge in [-0.15, -0.1) is 0 Å². The summed E-state index contributed by atoms with van der Waals surface area (Å²) in [6, 6.07) is 0. The minimum Gasteiger partial charge on any atom is -0.316 e. The molecule has 2 fully saturated rings. The Kier molecular flexibility index (Phi) is 3.59. The van der Waals surface area contributed by atoms with Gasteiger partial charge in [-0.05, 0) is 38.3 Å². The number of rotatable bonds is 2. The molecule has 2 saturated heterocycles. The van der Waals surface area contributed by atoms with E-state index in [2.05, 4.69) is 10.3 Å². The number of carbonyl (C=O) groups excluding carboxylic acids is 1. The molecule has 4 nitrogen and oxygen atoms in total. The first-order chi connectivity index (χ1) is 7.27. The molecule has 1 unspecified atom stereocenters. The second-order valence-corrected chi connectivity index (χ2v) is 4.65. The van der Waals surface area contributed by atoms with Crippen molar-refractivity contribution in [1.82, 2.24) is 15.3 Å². The number of nitrogens with zero attached hydrogens (tertiary/aromatic N) is 2. The van der Waals surface area contributed by atoms with Crippen molar-refractivity contribution < 1.29 is 4.79 Å². The van der Waals surface area contributed by atoms with E-state index in [0.29, 0.717) is 5.92 Å². The molecular weight excluding hydrogens is 190 g/mol. The quantitative estimate of drug-likeness (QED) is 0.720. The van der Waals surface area contributed by atoms with Crippen LogP contribution in [0.25, 0.3) is 0 Å². The molecule has 0 aromatic heterocycles. The predicted octanol–water partition coefficient (Wildman–Crippen LogP) is 0.455. The van der Waals surface area contributed by atoms with Gasteiger partial charge < -0.3 is 5.32 Å². The molecule has 1 atom stereocenters. The maximum atomic E-state index is 11.5. The van der Waals surface area contributed by atoms with Crippen LogP contribution >= 0.6 is 0 Å². The molecule has 2 aliphatic rings. The van der Waals surface area contributed by atoms with Crippen LogP contribution in [-0.4, -0.2) is 49.2 Å². The summed E-state index contributed by atoms with van der Waals surface area (Å²) in [5.74, 6) is 0.983. The molecule has 1 amide bonds. The van der Waals surface area contributed by atoms with Crippen molar-refractivity contribution >= 4 is 5.91 Å². The Morgan fingerprint density at radius 3 is 3.07 bits per heavy atom. The van der Waals surface area contributed by atoms with Crippen molar-refractivity contribution in [3.05, 3.63) is 0 Å². The maximum absolute atomic E-state index is 11.5. The number of hydrazine groups is 1. The standard InChI is InChI=1S/C11H21N3O/c1-13-11(15)5-3-7-14(13)9-10-4-2-6-12-8-10/h10,12H,2-9H2,1H3. The lowest BCUT2D eigenvalue weighted by Crippen LogP contribution is -2.51. The van der Waals surface area contributed by atoms with Crippen LogP contribution in [0.15, 0.2) is 0 Å².